The van der Waals surface area contributed by atoms with Crippen molar-refractivity contribution in [1.29, 1.82) is 0 Å². The standard InChI is InChI=1S/C18H21BrN2/c1-2-20-18(17-11-10-16(19)12-21-17)15-8-6-14(7-9-15)13-4-3-5-13/h6-13,18,20H,2-5H2,1H3. The average molecular weight is 345 g/mol. The smallest absolute Gasteiger partial charge is 0.0751 e. The highest BCUT2D eigenvalue weighted by atomic mass is 79.9. The topological polar surface area (TPSA) is 24.9 Å². The maximum atomic E-state index is 4.55. The van der Waals surface area contributed by atoms with Gasteiger partial charge in [0.15, 0.2) is 0 Å². The van der Waals surface area contributed by atoms with Gasteiger partial charge in [-0.2, -0.15) is 0 Å². The maximum Gasteiger partial charge on any atom is 0.0751 e. The van der Waals surface area contributed by atoms with E-state index in [1.54, 1.807) is 0 Å². The largest absolute Gasteiger partial charge is 0.305 e. The summed E-state index contributed by atoms with van der Waals surface area (Å²) in [5.41, 5.74) is 3.84. The van der Waals surface area contributed by atoms with Gasteiger partial charge in [-0.25, -0.2) is 0 Å². The molecule has 1 fully saturated rings. The lowest BCUT2D eigenvalue weighted by atomic mass is 9.80. The van der Waals surface area contributed by atoms with Gasteiger partial charge in [-0.3, -0.25) is 4.98 Å². The number of hydrogen-bond donors (Lipinski definition) is 1. The summed E-state index contributed by atoms with van der Waals surface area (Å²) in [4.78, 5) is 4.55. The van der Waals surface area contributed by atoms with Crippen LogP contribution in [-0.2, 0) is 0 Å². The Hall–Kier alpha value is -1.19. The summed E-state index contributed by atoms with van der Waals surface area (Å²) in [5, 5.41) is 3.53. The minimum Gasteiger partial charge on any atom is -0.305 e. The molecule has 0 aliphatic heterocycles. The van der Waals surface area contributed by atoms with Gasteiger partial charge in [-0.05, 0) is 64.5 Å². The first-order valence-corrected chi connectivity index (χ1v) is 8.52. The molecule has 0 amide bonds. The van der Waals surface area contributed by atoms with Crippen LogP contribution < -0.4 is 5.32 Å². The first-order valence-electron chi connectivity index (χ1n) is 7.72. The number of nitrogens with zero attached hydrogens (tertiary/aromatic N) is 1. The summed E-state index contributed by atoms with van der Waals surface area (Å²) >= 11 is 3.45. The van der Waals surface area contributed by atoms with Crippen LogP contribution in [0, 0.1) is 0 Å². The van der Waals surface area contributed by atoms with E-state index in [-0.39, 0.29) is 6.04 Å². The monoisotopic (exact) mass is 344 g/mol. The van der Waals surface area contributed by atoms with Gasteiger partial charge in [0, 0.05) is 10.7 Å². The lowest BCUT2D eigenvalue weighted by Crippen LogP contribution is -2.23. The van der Waals surface area contributed by atoms with Crippen LogP contribution >= 0.6 is 15.9 Å². The van der Waals surface area contributed by atoms with E-state index in [2.05, 4.69) is 69.6 Å². The Morgan fingerprint density at radius 2 is 1.95 bits per heavy atom. The lowest BCUT2D eigenvalue weighted by molar-refractivity contribution is 0.419. The van der Waals surface area contributed by atoms with E-state index in [9.17, 15) is 0 Å². The molecule has 1 N–H and O–H groups in total. The summed E-state index contributed by atoms with van der Waals surface area (Å²) in [7, 11) is 0. The number of pyridine rings is 1. The van der Waals surface area contributed by atoms with Gasteiger partial charge in [-0.1, -0.05) is 37.6 Å². The van der Waals surface area contributed by atoms with E-state index in [1.807, 2.05) is 6.20 Å². The highest BCUT2D eigenvalue weighted by Gasteiger charge is 2.20. The fourth-order valence-electron chi connectivity index (χ4n) is 2.86. The SMILES string of the molecule is CCNC(c1ccc(C2CCC2)cc1)c1ccc(Br)cn1. The van der Waals surface area contributed by atoms with E-state index in [0.29, 0.717) is 0 Å². The second kappa shape index (κ2) is 6.71. The zero-order valence-corrected chi connectivity index (χ0v) is 13.9. The molecule has 2 nitrogen and oxygen atoms in total. The minimum absolute atomic E-state index is 0.165. The van der Waals surface area contributed by atoms with Crippen LogP contribution in [0.25, 0.3) is 0 Å². The fourth-order valence-corrected chi connectivity index (χ4v) is 3.09. The summed E-state index contributed by atoms with van der Waals surface area (Å²) in [6.45, 7) is 3.06. The van der Waals surface area contributed by atoms with Gasteiger partial charge >= 0.3 is 0 Å². The number of nitrogens with one attached hydrogen (secondary N) is 1. The summed E-state index contributed by atoms with van der Waals surface area (Å²) in [6, 6.07) is 13.4. The Labute approximate surface area is 135 Å². The van der Waals surface area contributed by atoms with Crippen LogP contribution in [0.15, 0.2) is 47.1 Å². The Bertz CT molecular complexity index is 573. The van der Waals surface area contributed by atoms with E-state index < -0.39 is 0 Å². The molecule has 3 heteroatoms. The zero-order valence-electron chi connectivity index (χ0n) is 12.3. The molecule has 0 bridgehead atoms. The second-order valence-electron chi connectivity index (χ2n) is 5.69. The molecule has 1 aromatic carbocycles. The van der Waals surface area contributed by atoms with Crippen molar-refractivity contribution in [2.45, 2.75) is 38.1 Å². The first kappa shape index (κ1) is 14.7. The molecule has 2 aromatic rings. The summed E-state index contributed by atoms with van der Waals surface area (Å²) in [6.07, 6.45) is 5.95. The van der Waals surface area contributed by atoms with Crippen molar-refractivity contribution in [3.63, 3.8) is 0 Å². The van der Waals surface area contributed by atoms with Crippen molar-refractivity contribution in [1.82, 2.24) is 10.3 Å². The number of benzene rings is 1. The molecule has 1 unspecified atom stereocenters. The Morgan fingerprint density at radius 1 is 1.19 bits per heavy atom. The number of aromatic nitrogens is 1. The number of hydrogen-bond acceptors (Lipinski definition) is 2. The van der Waals surface area contributed by atoms with Crippen molar-refractivity contribution in [3.05, 3.63) is 63.9 Å². The lowest BCUT2D eigenvalue weighted by Gasteiger charge is -2.26. The van der Waals surface area contributed by atoms with Crippen molar-refractivity contribution in [2.24, 2.45) is 0 Å². The van der Waals surface area contributed by atoms with Gasteiger partial charge in [0.05, 0.1) is 11.7 Å². The fraction of sp³-hybridized carbons (Fsp3) is 0.389. The molecule has 1 aromatic heterocycles. The molecule has 1 atom stereocenters. The van der Waals surface area contributed by atoms with Crippen LogP contribution in [-0.4, -0.2) is 11.5 Å². The van der Waals surface area contributed by atoms with E-state index in [0.717, 1.165) is 22.6 Å². The highest BCUT2D eigenvalue weighted by molar-refractivity contribution is 9.10. The van der Waals surface area contributed by atoms with Crippen LogP contribution in [0.2, 0.25) is 0 Å². The Kier molecular flexibility index (Phi) is 4.71. The van der Waals surface area contributed by atoms with Gasteiger partial charge < -0.3 is 5.32 Å². The molecule has 1 aliphatic rings. The average Bonchev–Trinajstić information content (AvgIpc) is 2.45. The molecule has 0 spiro atoms. The molecule has 3 rings (SSSR count). The molecule has 1 aliphatic carbocycles. The van der Waals surface area contributed by atoms with Crippen molar-refractivity contribution in [2.75, 3.05) is 6.54 Å². The van der Waals surface area contributed by atoms with Gasteiger partial charge in [0.2, 0.25) is 0 Å². The normalized spacial score (nSPS) is 16.5. The van der Waals surface area contributed by atoms with E-state index >= 15 is 0 Å². The number of halogens is 1. The number of rotatable bonds is 5. The van der Waals surface area contributed by atoms with Crippen LogP contribution in [0.5, 0.6) is 0 Å². The predicted octanol–water partition coefficient (Wildman–Crippen LogP) is 4.81. The second-order valence-corrected chi connectivity index (χ2v) is 6.60. The molecular weight excluding hydrogens is 324 g/mol. The Balaban J connectivity index is 1.84. The van der Waals surface area contributed by atoms with Crippen LogP contribution in [0.1, 0.15) is 55.0 Å². The molecule has 110 valence electrons. The maximum absolute atomic E-state index is 4.55. The molecule has 0 saturated heterocycles. The van der Waals surface area contributed by atoms with Crippen molar-refractivity contribution >= 4 is 15.9 Å². The molecular formula is C18H21BrN2. The zero-order chi connectivity index (χ0) is 14.7. The van der Waals surface area contributed by atoms with Crippen molar-refractivity contribution < 1.29 is 0 Å². The van der Waals surface area contributed by atoms with Crippen LogP contribution in [0.4, 0.5) is 0 Å². The molecule has 1 saturated carbocycles. The third-order valence-electron chi connectivity index (χ3n) is 4.30. The van der Waals surface area contributed by atoms with Crippen LogP contribution in [0.3, 0.4) is 0 Å². The minimum atomic E-state index is 0.165. The van der Waals surface area contributed by atoms with Gasteiger partial charge in [0.25, 0.3) is 0 Å². The van der Waals surface area contributed by atoms with E-state index in [4.69, 9.17) is 0 Å². The third kappa shape index (κ3) is 3.35. The summed E-state index contributed by atoms with van der Waals surface area (Å²) < 4.78 is 1.02. The highest BCUT2D eigenvalue weighted by Crippen LogP contribution is 2.36. The molecule has 21 heavy (non-hydrogen) atoms. The quantitative estimate of drug-likeness (QED) is 0.841. The van der Waals surface area contributed by atoms with Gasteiger partial charge in [-0.15, -0.1) is 0 Å². The predicted molar refractivity (Wildman–Crippen MR) is 90.5 cm³/mol. The molecule has 1 heterocycles. The van der Waals surface area contributed by atoms with Crippen molar-refractivity contribution in [3.8, 4) is 0 Å². The Morgan fingerprint density at radius 3 is 2.48 bits per heavy atom. The molecule has 0 radical (unpaired) electrons. The third-order valence-corrected chi connectivity index (χ3v) is 4.77. The van der Waals surface area contributed by atoms with E-state index in [1.165, 1.54) is 30.4 Å². The first-order chi connectivity index (χ1) is 10.3. The summed E-state index contributed by atoms with van der Waals surface area (Å²) in [5.74, 6) is 0.794. The van der Waals surface area contributed by atoms with Gasteiger partial charge in [0.1, 0.15) is 0 Å².